The molecule has 1 amide bonds. The highest BCUT2D eigenvalue weighted by Gasteiger charge is 2.54. The maximum atomic E-state index is 13.3. The number of epoxide rings is 1. The smallest absolute Gasteiger partial charge is 0.412 e. The maximum Gasteiger partial charge on any atom is 0.412 e. The standard InChI is InChI=1S/C26H41NO7S2/c1-17(16-28)18(2)27(15-20-10-11-21(30-5)14-23(20)31-6)25(29)32-19(3)33-26(4)24(34-26)9-7-8-22-12-13-35-36-22/h10-11,14,17-19,22,24,28H,7-9,12-13,15-16H2,1-6H3/t17?,18?,19?,22-,24?,26?/m1/s1. The minimum Gasteiger partial charge on any atom is -0.497 e. The van der Waals surface area contributed by atoms with E-state index in [1.165, 1.54) is 18.6 Å². The molecule has 2 saturated heterocycles. The van der Waals surface area contributed by atoms with Crippen LogP contribution in [-0.4, -0.2) is 72.2 Å². The molecular formula is C26H41NO7S2. The zero-order valence-corrected chi connectivity index (χ0v) is 23.9. The number of carbonyl (C=O) groups excluding carboxylic acids is 1. The van der Waals surface area contributed by atoms with Crippen molar-refractivity contribution in [2.24, 2.45) is 5.92 Å². The van der Waals surface area contributed by atoms with Crippen LogP contribution in [0.3, 0.4) is 0 Å². The molecule has 0 aromatic heterocycles. The summed E-state index contributed by atoms with van der Waals surface area (Å²) < 4.78 is 28.3. The summed E-state index contributed by atoms with van der Waals surface area (Å²) in [6.45, 7) is 7.59. The van der Waals surface area contributed by atoms with Crippen molar-refractivity contribution in [2.75, 3.05) is 26.6 Å². The summed E-state index contributed by atoms with van der Waals surface area (Å²) in [7, 11) is 7.13. The molecule has 1 aromatic carbocycles. The Kier molecular flexibility index (Phi) is 10.9. The quantitative estimate of drug-likeness (QED) is 0.187. The highest BCUT2D eigenvalue weighted by Crippen LogP contribution is 2.44. The van der Waals surface area contributed by atoms with Gasteiger partial charge in [0.2, 0.25) is 6.29 Å². The molecule has 2 aliphatic heterocycles. The lowest BCUT2D eigenvalue weighted by atomic mass is 10.0. The van der Waals surface area contributed by atoms with Crippen molar-refractivity contribution >= 4 is 27.7 Å². The molecule has 2 heterocycles. The van der Waals surface area contributed by atoms with E-state index in [0.717, 1.165) is 23.7 Å². The van der Waals surface area contributed by atoms with Gasteiger partial charge in [0.05, 0.1) is 20.8 Å². The molecule has 2 fully saturated rings. The zero-order valence-electron chi connectivity index (χ0n) is 22.2. The number of rotatable bonds is 14. The van der Waals surface area contributed by atoms with Gasteiger partial charge in [0.25, 0.3) is 0 Å². The molecule has 0 spiro atoms. The van der Waals surface area contributed by atoms with Crippen LogP contribution in [0.1, 0.15) is 58.9 Å². The topological polar surface area (TPSA) is 90.0 Å². The van der Waals surface area contributed by atoms with Crippen LogP contribution < -0.4 is 9.47 Å². The fourth-order valence-electron chi connectivity index (χ4n) is 4.33. The largest absolute Gasteiger partial charge is 0.497 e. The summed E-state index contributed by atoms with van der Waals surface area (Å²) in [6, 6.07) is 5.18. The Balaban J connectivity index is 1.57. The summed E-state index contributed by atoms with van der Waals surface area (Å²) in [5.41, 5.74) is 0.803. The van der Waals surface area contributed by atoms with Crippen LogP contribution >= 0.6 is 21.6 Å². The average Bonchev–Trinajstić information content (AvgIpc) is 3.22. The number of hydrogen-bond acceptors (Lipinski definition) is 9. The predicted octanol–water partition coefficient (Wildman–Crippen LogP) is 5.46. The lowest BCUT2D eigenvalue weighted by molar-refractivity contribution is -0.171. The van der Waals surface area contributed by atoms with Gasteiger partial charge in [-0.1, -0.05) is 28.5 Å². The number of aliphatic hydroxyl groups is 1. The zero-order chi connectivity index (χ0) is 26.3. The SMILES string of the molecule is COc1ccc(CN(C(=O)OC(C)OC2(C)OC2CCC[C@@H]2CCSS2)C(C)C(C)CO)c(OC)c1. The third kappa shape index (κ3) is 7.84. The molecule has 36 heavy (non-hydrogen) atoms. The minimum absolute atomic E-state index is 0.0192. The first-order chi connectivity index (χ1) is 17.2. The molecule has 0 saturated carbocycles. The molecule has 204 valence electrons. The van der Waals surface area contributed by atoms with Gasteiger partial charge < -0.3 is 33.7 Å². The number of hydrogen-bond donors (Lipinski definition) is 1. The second-order valence-electron chi connectivity index (χ2n) is 9.66. The van der Waals surface area contributed by atoms with Gasteiger partial charge in [-0.3, -0.25) is 0 Å². The van der Waals surface area contributed by atoms with E-state index in [4.69, 9.17) is 23.7 Å². The van der Waals surface area contributed by atoms with Crippen LogP contribution in [0.15, 0.2) is 18.2 Å². The molecule has 8 nitrogen and oxygen atoms in total. The van der Waals surface area contributed by atoms with Crippen molar-refractivity contribution in [2.45, 2.75) is 89.4 Å². The van der Waals surface area contributed by atoms with Gasteiger partial charge in [-0.15, -0.1) is 0 Å². The first-order valence-corrected chi connectivity index (χ1v) is 15.0. The van der Waals surface area contributed by atoms with E-state index >= 15 is 0 Å². The van der Waals surface area contributed by atoms with Crippen molar-refractivity contribution in [3.05, 3.63) is 23.8 Å². The van der Waals surface area contributed by atoms with Crippen molar-refractivity contribution < 1.29 is 33.6 Å². The fourth-order valence-corrected chi connectivity index (χ4v) is 7.36. The normalized spacial score (nSPS) is 25.6. The van der Waals surface area contributed by atoms with E-state index in [-0.39, 0.29) is 31.2 Å². The number of benzene rings is 1. The maximum absolute atomic E-state index is 13.3. The molecule has 1 aromatic rings. The van der Waals surface area contributed by atoms with Gasteiger partial charge in [-0.2, -0.15) is 0 Å². The van der Waals surface area contributed by atoms with E-state index < -0.39 is 18.2 Å². The Bertz CT molecular complexity index is 854. The first kappa shape index (κ1) is 29.2. The van der Waals surface area contributed by atoms with E-state index in [2.05, 4.69) is 0 Å². The van der Waals surface area contributed by atoms with E-state index in [9.17, 15) is 9.90 Å². The summed E-state index contributed by atoms with van der Waals surface area (Å²) in [5.74, 6) is 1.64. The Labute approximate surface area is 223 Å². The lowest BCUT2D eigenvalue weighted by Crippen LogP contribution is -2.44. The highest BCUT2D eigenvalue weighted by molar-refractivity contribution is 8.77. The summed E-state index contributed by atoms with van der Waals surface area (Å²) in [5, 5.41) is 10.5. The van der Waals surface area contributed by atoms with Crippen LogP contribution in [-0.2, 0) is 20.8 Å². The Morgan fingerprint density at radius 1 is 1.25 bits per heavy atom. The molecule has 0 bridgehead atoms. The second-order valence-corrected chi connectivity index (χ2v) is 12.4. The van der Waals surface area contributed by atoms with Crippen molar-refractivity contribution in [3.8, 4) is 11.5 Å². The van der Waals surface area contributed by atoms with Crippen molar-refractivity contribution in [3.63, 3.8) is 0 Å². The van der Waals surface area contributed by atoms with E-state index in [1.807, 2.05) is 54.5 Å². The van der Waals surface area contributed by atoms with Crippen molar-refractivity contribution in [1.29, 1.82) is 0 Å². The van der Waals surface area contributed by atoms with Gasteiger partial charge >= 0.3 is 6.09 Å². The Morgan fingerprint density at radius 2 is 2.03 bits per heavy atom. The molecule has 5 unspecified atom stereocenters. The number of nitrogens with zero attached hydrogens (tertiary/aromatic N) is 1. The lowest BCUT2D eigenvalue weighted by Gasteiger charge is -2.33. The summed E-state index contributed by atoms with van der Waals surface area (Å²) >= 11 is 0. The minimum atomic E-state index is -0.786. The van der Waals surface area contributed by atoms with Crippen LogP contribution in [0.2, 0.25) is 0 Å². The van der Waals surface area contributed by atoms with Crippen molar-refractivity contribution in [1.82, 2.24) is 4.90 Å². The van der Waals surface area contributed by atoms with Crippen LogP contribution in [0, 0.1) is 5.92 Å². The van der Waals surface area contributed by atoms with Gasteiger partial charge in [0, 0.05) is 35.3 Å². The molecule has 10 heteroatoms. The van der Waals surface area contributed by atoms with E-state index in [1.54, 1.807) is 32.1 Å². The van der Waals surface area contributed by atoms with Gasteiger partial charge in [0.1, 0.15) is 17.6 Å². The van der Waals surface area contributed by atoms with Gasteiger partial charge in [-0.05, 0) is 64.5 Å². The number of methoxy groups -OCH3 is 2. The van der Waals surface area contributed by atoms with Crippen LogP contribution in [0.5, 0.6) is 11.5 Å². The number of aliphatic hydroxyl groups excluding tert-OH is 1. The monoisotopic (exact) mass is 543 g/mol. The summed E-state index contributed by atoms with van der Waals surface area (Å²) in [4.78, 5) is 14.9. The summed E-state index contributed by atoms with van der Waals surface area (Å²) in [6.07, 6.45) is 3.23. The number of carbonyl (C=O) groups is 1. The number of amides is 1. The predicted molar refractivity (Wildman–Crippen MR) is 143 cm³/mol. The molecule has 1 N–H and O–H groups in total. The molecule has 0 radical (unpaired) electrons. The molecular weight excluding hydrogens is 502 g/mol. The highest BCUT2D eigenvalue weighted by atomic mass is 33.1. The molecule has 0 aliphatic carbocycles. The third-order valence-corrected chi connectivity index (χ3v) is 9.97. The average molecular weight is 544 g/mol. The Hall–Kier alpha value is -1.33. The van der Waals surface area contributed by atoms with Gasteiger partial charge in [-0.25, -0.2) is 4.79 Å². The second kappa shape index (κ2) is 13.5. The third-order valence-electron chi connectivity index (χ3n) is 6.96. The Morgan fingerprint density at radius 3 is 2.67 bits per heavy atom. The van der Waals surface area contributed by atoms with Gasteiger partial charge in [0.15, 0.2) is 5.79 Å². The molecule has 6 atom stereocenters. The van der Waals surface area contributed by atoms with E-state index in [0.29, 0.717) is 11.5 Å². The molecule has 2 aliphatic rings. The number of ether oxygens (including phenoxy) is 5. The van der Waals surface area contributed by atoms with Crippen LogP contribution in [0.25, 0.3) is 0 Å². The first-order valence-electron chi connectivity index (χ1n) is 12.6. The molecule has 3 rings (SSSR count). The van der Waals surface area contributed by atoms with Crippen LogP contribution in [0.4, 0.5) is 4.79 Å². The fraction of sp³-hybridized carbons (Fsp3) is 0.731.